The highest BCUT2D eigenvalue weighted by molar-refractivity contribution is 4.97. The third-order valence-corrected chi connectivity index (χ3v) is 5.03. The average molecular weight is 339 g/mol. The van der Waals surface area contributed by atoms with Crippen molar-refractivity contribution in [3.8, 4) is 0 Å². The summed E-state index contributed by atoms with van der Waals surface area (Å²) in [4.78, 5) is 0. The second-order valence-corrected chi connectivity index (χ2v) is 7.62. The number of rotatable bonds is 19. The first kappa shape index (κ1) is 23.7. The van der Waals surface area contributed by atoms with E-state index in [2.05, 4.69) is 19.9 Å². The molecule has 0 saturated heterocycles. The molecule has 24 heavy (non-hydrogen) atoms. The van der Waals surface area contributed by atoms with Gasteiger partial charge in [0, 0.05) is 6.61 Å². The van der Waals surface area contributed by atoms with E-state index in [4.69, 9.17) is 5.11 Å². The Kier molecular flexibility index (Phi) is 20.5. The first-order valence-electron chi connectivity index (χ1n) is 11.1. The molecule has 0 heterocycles. The Bertz CT molecular complexity index is 257. The molecule has 0 aromatic heterocycles. The molecule has 0 radical (unpaired) electrons. The molecule has 0 aliphatic carbocycles. The Balaban J connectivity index is 3.22. The topological polar surface area (TPSA) is 20.2 Å². The highest BCUT2D eigenvalue weighted by Gasteiger charge is 1.95. The maximum Gasteiger partial charge on any atom is 0.0431 e. The Hall–Kier alpha value is -0.300. The fraction of sp³-hybridized carbons (Fsp3) is 0.913. The highest BCUT2D eigenvalue weighted by atomic mass is 16.2. The van der Waals surface area contributed by atoms with E-state index in [0.717, 1.165) is 6.42 Å². The van der Waals surface area contributed by atoms with Crippen molar-refractivity contribution in [1.82, 2.24) is 0 Å². The number of hydrogen-bond acceptors (Lipinski definition) is 1. The first-order chi connectivity index (χ1) is 11.8. The van der Waals surface area contributed by atoms with Gasteiger partial charge in [-0.3, -0.25) is 0 Å². The van der Waals surface area contributed by atoms with E-state index < -0.39 is 0 Å². The summed E-state index contributed by atoms with van der Waals surface area (Å²) in [5.41, 5.74) is 1.60. The molecule has 1 N–H and O–H groups in total. The summed E-state index contributed by atoms with van der Waals surface area (Å²) in [6, 6.07) is 0. The van der Waals surface area contributed by atoms with Crippen molar-refractivity contribution in [2.24, 2.45) is 0 Å². The zero-order chi connectivity index (χ0) is 17.7. The standard InChI is InChI=1S/C23H46O/c1-3-4-5-6-7-8-9-10-11-14-17-20-23(2)21-18-15-12-13-16-19-22-24/h20,24H,3-19,21-22H2,1-2H3/b23-20+. The van der Waals surface area contributed by atoms with E-state index in [9.17, 15) is 0 Å². The molecule has 0 fully saturated rings. The summed E-state index contributed by atoms with van der Waals surface area (Å²) in [6.07, 6.45) is 26.9. The van der Waals surface area contributed by atoms with Crippen LogP contribution in [0.15, 0.2) is 11.6 Å². The van der Waals surface area contributed by atoms with Gasteiger partial charge in [0.2, 0.25) is 0 Å². The second kappa shape index (κ2) is 20.7. The van der Waals surface area contributed by atoms with E-state index >= 15 is 0 Å². The molecule has 0 unspecified atom stereocenters. The molecular formula is C23H46O. The van der Waals surface area contributed by atoms with Crippen molar-refractivity contribution in [1.29, 1.82) is 0 Å². The Labute approximate surface area is 153 Å². The zero-order valence-corrected chi connectivity index (χ0v) is 17.0. The van der Waals surface area contributed by atoms with Gasteiger partial charge in [-0.1, -0.05) is 102 Å². The van der Waals surface area contributed by atoms with E-state index in [-0.39, 0.29) is 0 Å². The molecule has 1 nitrogen and oxygen atoms in total. The van der Waals surface area contributed by atoms with Crippen LogP contribution in [0.4, 0.5) is 0 Å². The largest absolute Gasteiger partial charge is 0.396 e. The Morgan fingerprint density at radius 2 is 1.08 bits per heavy atom. The van der Waals surface area contributed by atoms with Crippen molar-refractivity contribution >= 4 is 0 Å². The summed E-state index contributed by atoms with van der Waals surface area (Å²) in [7, 11) is 0. The van der Waals surface area contributed by atoms with Gasteiger partial charge < -0.3 is 5.11 Å². The lowest BCUT2D eigenvalue weighted by Gasteiger charge is -2.03. The molecule has 1 heteroatoms. The van der Waals surface area contributed by atoms with Crippen LogP contribution in [0.5, 0.6) is 0 Å². The van der Waals surface area contributed by atoms with Gasteiger partial charge in [-0.15, -0.1) is 0 Å². The number of hydrogen-bond donors (Lipinski definition) is 1. The average Bonchev–Trinajstić information content (AvgIpc) is 2.59. The van der Waals surface area contributed by atoms with Crippen LogP contribution in [0.3, 0.4) is 0 Å². The molecule has 0 aliphatic heterocycles. The van der Waals surface area contributed by atoms with Crippen molar-refractivity contribution in [2.75, 3.05) is 6.61 Å². The Morgan fingerprint density at radius 1 is 0.625 bits per heavy atom. The van der Waals surface area contributed by atoms with E-state index in [0.29, 0.717) is 6.61 Å². The van der Waals surface area contributed by atoms with Gasteiger partial charge in [-0.25, -0.2) is 0 Å². The summed E-state index contributed by atoms with van der Waals surface area (Å²) >= 11 is 0. The van der Waals surface area contributed by atoms with Crippen molar-refractivity contribution < 1.29 is 5.11 Å². The molecule has 0 saturated carbocycles. The van der Waals surface area contributed by atoms with E-state index in [1.165, 1.54) is 109 Å². The predicted molar refractivity (Wildman–Crippen MR) is 110 cm³/mol. The lowest BCUT2D eigenvalue weighted by molar-refractivity contribution is 0.282. The van der Waals surface area contributed by atoms with Crippen molar-refractivity contribution in [3.05, 3.63) is 11.6 Å². The molecule has 0 atom stereocenters. The minimum Gasteiger partial charge on any atom is -0.396 e. The fourth-order valence-corrected chi connectivity index (χ4v) is 3.31. The molecule has 0 bridgehead atoms. The highest BCUT2D eigenvalue weighted by Crippen LogP contribution is 2.14. The number of unbranched alkanes of at least 4 members (excludes halogenated alkanes) is 15. The minimum absolute atomic E-state index is 0.362. The smallest absolute Gasteiger partial charge is 0.0431 e. The molecule has 0 rings (SSSR count). The van der Waals surface area contributed by atoms with Crippen LogP contribution < -0.4 is 0 Å². The molecular weight excluding hydrogens is 292 g/mol. The van der Waals surface area contributed by atoms with Gasteiger partial charge >= 0.3 is 0 Å². The third-order valence-electron chi connectivity index (χ3n) is 5.03. The maximum atomic E-state index is 8.74. The lowest BCUT2D eigenvalue weighted by Crippen LogP contribution is -1.85. The monoisotopic (exact) mass is 338 g/mol. The SMILES string of the molecule is CCCCCCCCCCCC/C=C(\C)CCCCCCCCO. The second-order valence-electron chi connectivity index (χ2n) is 7.62. The zero-order valence-electron chi connectivity index (χ0n) is 17.0. The van der Waals surface area contributed by atoms with Gasteiger partial charge in [0.1, 0.15) is 0 Å². The summed E-state index contributed by atoms with van der Waals surface area (Å²) in [5, 5.41) is 8.74. The maximum absolute atomic E-state index is 8.74. The molecule has 0 aliphatic rings. The van der Waals surface area contributed by atoms with Gasteiger partial charge in [-0.05, 0) is 39.0 Å². The number of aliphatic hydroxyl groups is 1. The quantitative estimate of drug-likeness (QED) is 0.187. The van der Waals surface area contributed by atoms with Gasteiger partial charge in [0.05, 0.1) is 0 Å². The predicted octanol–water partition coefficient (Wildman–Crippen LogP) is 7.97. The van der Waals surface area contributed by atoms with Crippen LogP contribution in [0.1, 0.15) is 129 Å². The number of allylic oxidation sites excluding steroid dienone is 2. The molecule has 144 valence electrons. The normalized spacial score (nSPS) is 12.0. The van der Waals surface area contributed by atoms with Crippen LogP contribution in [0.25, 0.3) is 0 Å². The fourth-order valence-electron chi connectivity index (χ4n) is 3.31. The number of aliphatic hydroxyl groups excluding tert-OH is 1. The third kappa shape index (κ3) is 19.7. The van der Waals surface area contributed by atoms with Crippen LogP contribution in [0.2, 0.25) is 0 Å². The van der Waals surface area contributed by atoms with Crippen molar-refractivity contribution in [3.63, 3.8) is 0 Å². The van der Waals surface area contributed by atoms with Crippen LogP contribution in [0, 0.1) is 0 Å². The first-order valence-corrected chi connectivity index (χ1v) is 11.1. The van der Waals surface area contributed by atoms with Crippen LogP contribution in [-0.2, 0) is 0 Å². The lowest BCUT2D eigenvalue weighted by atomic mass is 10.0. The van der Waals surface area contributed by atoms with Crippen molar-refractivity contribution in [2.45, 2.75) is 129 Å². The molecule has 0 spiro atoms. The van der Waals surface area contributed by atoms with Crippen LogP contribution in [-0.4, -0.2) is 11.7 Å². The van der Waals surface area contributed by atoms with E-state index in [1.807, 2.05) is 0 Å². The molecule has 0 aromatic rings. The molecule has 0 amide bonds. The summed E-state index contributed by atoms with van der Waals surface area (Å²) < 4.78 is 0. The minimum atomic E-state index is 0.362. The summed E-state index contributed by atoms with van der Waals surface area (Å²) in [5.74, 6) is 0. The van der Waals surface area contributed by atoms with Gasteiger partial charge in [-0.2, -0.15) is 0 Å². The van der Waals surface area contributed by atoms with Crippen LogP contribution >= 0.6 is 0 Å². The van der Waals surface area contributed by atoms with E-state index in [1.54, 1.807) is 5.57 Å². The van der Waals surface area contributed by atoms with Gasteiger partial charge in [0.15, 0.2) is 0 Å². The summed E-state index contributed by atoms with van der Waals surface area (Å²) in [6.45, 7) is 4.96. The molecule has 0 aromatic carbocycles. The van der Waals surface area contributed by atoms with Gasteiger partial charge in [0.25, 0.3) is 0 Å². The Morgan fingerprint density at radius 3 is 1.62 bits per heavy atom.